The third kappa shape index (κ3) is 4.50. The third-order valence-corrected chi connectivity index (χ3v) is 3.54. The SMILES string of the molecule is COc1cccc(C#CCOC(=O)/C=C\c2c(C)nn(C)c2C)c1. The molecule has 0 aliphatic rings. The van der Waals surface area contributed by atoms with Crippen molar-refractivity contribution in [2.45, 2.75) is 13.8 Å². The van der Waals surface area contributed by atoms with E-state index in [4.69, 9.17) is 9.47 Å². The Morgan fingerprint density at radius 3 is 2.83 bits per heavy atom. The average molecular weight is 324 g/mol. The van der Waals surface area contributed by atoms with Crippen molar-refractivity contribution in [1.82, 2.24) is 9.78 Å². The zero-order valence-corrected chi connectivity index (χ0v) is 14.3. The molecule has 24 heavy (non-hydrogen) atoms. The lowest BCUT2D eigenvalue weighted by atomic mass is 10.2. The van der Waals surface area contributed by atoms with Gasteiger partial charge in [0.05, 0.1) is 12.8 Å². The fourth-order valence-electron chi connectivity index (χ4n) is 2.18. The number of hydrogen-bond donors (Lipinski definition) is 0. The smallest absolute Gasteiger partial charge is 0.331 e. The Kier molecular flexibility index (Phi) is 5.80. The first-order valence-electron chi connectivity index (χ1n) is 7.49. The summed E-state index contributed by atoms with van der Waals surface area (Å²) in [6.07, 6.45) is 3.11. The van der Waals surface area contributed by atoms with E-state index in [2.05, 4.69) is 16.9 Å². The summed E-state index contributed by atoms with van der Waals surface area (Å²) in [4.78, 5) is 11.7. The fourth-order valence-corrected chi connectivity index (χ4v) is 2.18. The Balaban J connectivity index is 1.90. The maximum absolute atomic E-state index is 11.7. The number of rotatable bonds is 4. The van der Waals surface area contributed by atoms with Gasteiger partial charge < -0.3 is 9.47 Å². The second kappa shape index (κ2) is 8.02. The number of methoxy groups -OCH3 is 1. The molecule has 5 nitrogen and oxygen atoms in total. The van der Waals surface area contributed by atoms with Gasteiger partial charge in [0.1, 0.15) is 5.75 Å². The summed E-state index contributed by atoms with van der Waals surface area (Å²) >= 11 is 0. The minimum absolute atomic E-state index is 0.0331. The molecule has 0 spiro atoms. The standard InChI is InChI=1S/C19H20N2O3/c1-14-18(15(2)21(3)20-14)10-11-19(22)24-12-6-8-16-7-5-9-17(13-16)23-4/h5,7,9-11,13H,12H2,1-4H3/b11-10-. The van der Waals surface area contributed by atoms with E-state index >= 15 is 0 Å². The fraction of sp³-hybridized carbons (Fsp3) is 0.263. The van der Waals surface area contributed by atoms with Gasteiger partial charge in [0, 0.05) is 29.9 Å². The van der Waals surface area contributed by atoms with E-state index in [1.54, 1.807) is 17.9 Å². The summed E-state index contributed by atoms with van der Waals surface area (Å²) in [7, 11) is 3.47. The summed E-state index contributed by atoms with van der Waals surface area (Å²) in [5.74, 6) is 6.04. The van der Waals surface area contributed by atoms with E-state index in [9.17, 15) is 4.79 Å². The van der Waals surface area contributed by atoms with Crippen molar-refractivity contribution in [2.75, 3.05) is 13.7 Å². The summed E-state index contributed by atoms with van der Waals surface area (Å²) in [5, 5.41) is 4.29. The number of benzene rings is 1. The largest absolute Gasteiger partial charge is 0.497 e. The molecule has 0 fully saturated rings. The van der Waals surface area contributed by atoms with Gasteiger partial charge in [0.2, 0.25) is 0 Å². The van der Waals surface area contributed by atoms with Crippen LogP contribution in [0.2, 0.25) is 0 Å². The number of hydrogen-bond acceptors (Lipinski definition) is 4. The second-order valence-corrected chi connectivity index (χ2v) is 5.18. The highest BCUT2D eigenvalue weighted by Crippen LogP contribution is 2.13. The number of aryl methyl sites for hydroxylation is 2. The van der Waals surface area contributed by atoms with Crippen molar-refractivity contribution in [2.24, 2.45) is 7.05 Å². The summed E-state index contributed by atoms with van der Waals surface area (Å²) < 4.78 is 12.0. The molecule has 5 heteroatoms. The Bertz CT molecular complexity index is 823. The third-order valence-electron chi connectivity index (χ3n) is 3.54. The van der Waals surface area contributed by atoms with Crippen molar-refractivity contribution >= 4 is 12.0 Å². The minimum Gasteiger partial charge on any atom is -0.497 e. The van der Waals surface area contributed by atoms with Gasteiger partial charge in [-0.3, -0.25) is 4.68 Å². The van der Waals surface area contributed by atoms with Gasteiger partial charge in [0.25, 0.3) is 0 Å². The molecule has 0 aliphatic heterocycles. The predicted molar refractivity (Wildman–Crippen MR) is 92.5 cm³/mol. The lowest BCUT2D eigenvalue weighted by Gasteiger charge is -1.98. The van der Waals surface area contributed by atoms with Crippen LogP contribution in [-0.4, -0.2) is 29.5 Å². The lowest BCUT2D eigenvalue weighted by Crippen LogP contribution is -2.00. The van der Waals surface area contributed by atoms with Crippen LogP contribution in [0.1, 0.15) is 22.5 Å². The predicted octanol–water partition coefficient (Wildman–Crippen LogP) is 2.65. The Hall–Kier alpha value is -3.00. The number of ether oxygens (including phenoxy) is 2. The highest BCUT2D eigenvalue weighted by atomic mass is 16.5. The second-order valence-electron chi connectivity index (χ2n) is 5.18. The van der Waals surface area contributed by atoms with Crippen LogP contribution >= 0.6 is 0 Å². The van der Waals surface area contributed by atoms with Crippen LogP contribution in [0.5, 0.6) is 5.75 Å². The van der Waals surface area contributed by atoms with Crippen molar-refractivity contribution in [3.63, 3.8) is 0 Å². The van der Waals surface area contributed by atoms with Crippen LogP contribution in [-0.2, 0) is 16.6 Å². The molecule has 0 aliphatic carbocycles. The molecule has 0 atom stereocenters. The van der Waals surface area contributed by atoms with Crippen LogP contribution in [0.15, 0.2) is 30.3 Å². The topological polar surface area (TPSA) is 53.4 Å². The molecule has 0 amide bonds. The molecule has 0 N–H and O–H groups in total. The molecule has 0 unspecified atom stereocenters. The monoisotopic (exact) mass is 324 g/mol. The maximum atomic E-state index is 11.7. The Morgan fingerprint density at radius 1 is 1.38 bits per heavy atom. The molecule has 1 aromatic heterocycles. The van der Waals surface area contributed by atoms with Crippen LogP contribution < -0.4 is 4.74 Å². The highest BCUT2D eigenvalue weighted by Gasteiger charge is 2.06. The Morgan fingerprint density at radius 2 is 2.17 bits per heavy atom. The van der Waals surface area contributed by atoms with Crippen LogP contribution in [0.25, 0.3) is 6.08 Å². The molecular weight excluding hydrogens is 304 g/mol. The zero-order chi connectivity index (χ0) is 17.5. The van der Waals surface area contributed by atoms with Crippen LogP contribution in [0.4, 0.5) is 0 Å². The first-order chi connectivity index (χ1) is 11.5. The zero-order valence-electron chi connectivity index (χ0n) is 14.3. The molecule has 0 saturated heterocycles. The Labute approximate surface area is 141 Å². The molecule has 0 saturated carbocycles. The lowest BCUT2D eigenvalue weighted by molar-refractivity contribution is -0.136. The van der Waals surface area contributed by atoms with Gasteiger partial charge >= 0.3 is 5.97 Å². The van der Waals surface area contributed by atoms with Gasteiger partial charge in [-0.05, 0) is 38.1 Å². The first-order valence-corrected chi connectivity index (χ1v) is 7.49. The molecule has 1 aromatic carbocycles. The van der Waals surface area contributed by atoms with Gasteiger partial charge in [-0.25, -0.2) is 4.79 Å². The number of carbonyl (C=O) groups excluding carboxylic acids is 1. The molecule has 124 valence electrons. The van der Waals surface area contributed by atoms with Gasteiger partial charge in [-0.1, -0.05) is 17.9 Å². The molecule has 2 rings (SSSR count). The average Bonchev–Trinajstić information content (AvgIpc) is 2.82. The number of carbonyl (C=O) groups is 1. The van der Waals surface area contributed by atoms with Crippen molar-refractivity contribution < 1.29 is 14.3 Å². The van der Waals surface area contributed by atoms with E-state index in [0.29, 0.717) is 0 Å². The van der Waals surface area contributed by atoms with E-state index in [1.807, 2.05) is 45.2 Å². The van der Waals surface area contributed by atoms with Gasteiger partial charge in [-0.2, -0.15) is 5.10 Å². The van der Waals surface area contributed by atoms with Gasteiger partial charge in [0.15, 0.2) is 6.61 Å². The molecular formula is C19H20N2O3. The van der Waals surface area contributed by atoms with E-state index < -0.39 is 5.97 Å². The maximum Gasteiger partial charge on any atom is 0.331 e. The quantitative estimate of drug-likeness (QED) is 0.493. The normalized spacial score (nSPS) is 10.3. The number of nitrogens with zero attached hydrogens (tertiary/aromatic N) is 2. The van der Waals surface area contributed by atoms with E-state index in [-0.39, 0.29) is 6.61 Å². The minimum atomic E-state index is -0.433. The molecule has 0 bridgehead atoms. The highest BCUT2D eigenvalue weighted by molar-refractivity contribution is 5.87. The number of aromatic nitrogens is 2. The summed E-state index contributed by atoms with van der Waals surface area (Å²) in [5.41, 5.74) is 3.60. The van der Waals surface area contributed by atoms with Crippen molar-refractivity contribution in [3.05, 3.63) is 52.9 Å². The molecule has 2 aromatic rings. The van der Waals surface area contributed by atoms with Crippen molar-refractivity contribution in [3.8, 4) is 17.6 Å². The molecule has 1 heterocycles. The van der Waals surface area contributed by atoms with Crippen LogP contribution in [0, 0.1) is 25.7 Å². The van der Waals surface area contributed by atoms with Crippen LogP contribution in [0.3, 0.4) is 0 Å². The van der Waals surface area contributed by atoms with E-state index in [1.165, 1.54) is 6.08 Å². The first kappa shape index (κ1) is 17.4. The number of esters is 1. The summed E-state index contributed by atoms with van der Waals surface area (Å²) in [6.45, 7) is 3.88. The van der Waals surface area contributed by atoms with Gasteiger partial charge in [-0.15, -0.1) is 0 Å². The van der Waals surface area contributed by atoms with E-state index in [0.717, 1.165) is 28.3 Å². The molecule has 0 radical (unpaired) electrons. The summed E-state index contributed by atoms with van der Waals surface area (Å²) in [6, 6.07) is 7.39. The van der Waals surface area contributed by atoms with Crippen molar-refractivity contribution in [1.29, 1.82) is 0 Å².